The topological polar surface area (TPSA) is 86.7 Å². The van der Waals surface area contributed by atoms with Crippen LogP contribution in [0.2, 0.25) is 0 Å². The number of fused-ring (bicyclic) bond motifs is 2. The van der Waals surface area contributed by atoms with Crippen LogP contribution in [0.3, 0.4) is 0 Å². The lowest BCUT2D eigenvalue weighted by Gasteiger charge is -2.35. The van der Waals surface area contributed by atoms with Crippen molar-refractivity contribution >= 4 is 21.9 Å². The summed E-state index contributed by atoms with van der Waals surface area (Å²) in [6, 6.07) is 0. The summed E-state index contributed by atoms with van der Waals surface area (Å²) in [5.41, 5.74) is -1.14. The number of rotatable bonds is 5. The van der Waals surface area contributed by atoms with E-state index < -0.39 is 21.6 Å². The maximum absolute atomic E-state index is 12.4. The van der Waals surface area contributed by atoms with E-state index >= 15 is 0 Å². The first-order valence-corrected chi connectivity index (χ1v) is 9.75. The van der Waals surface area contributed by atoms with E-state index in [1.165, 1.54) is 0 Å². The Morgan fingerprint density at radius 2 is 1.96 bits per heavy atom. The van der Waals surface area contributed by atoms with Crippen LogP contribution in [0.4, 0.5) is 0 Å². The summed E-state index contributed by atoms with van der Waals surface area (Å²) in [7, 11) is -3.85. The number of carbonyl (C=O) groups excluding carboxylic acids is 2. The molecule has 4 atom stereocenters. The van der Waals surface area contributed by atoms with Crippen molar-refractivity contribution in [1.29, 1.82) is 0 Å². The molecule has 0 spiro atoms. The van der Waals surface area contributed by atoms with E-state index in [0.29, 0.717) is 12.8 Å². The highest BCUT2D eigenvalue weighted by molar-refractivity contribution is 7.86. The third-order valence-electron chi connectivity index (χ3n) is 6.38. The highest BCUT2D eigenvalue weighted by Gasteiger charge is 2.65. The van der Waals surface area contributed by atoms with Crippen LogP contribution in [0.25, 0.3) is 0 Å². The molecule has 1 saturated heterocycles. The summed E-state index contributed by atoms with van der Waals surface area (Å²) in [6.45, 7) is 5.65. The van der Waals surface area contributed by atoms with Gasteiger partial charge in [-0.25, -0.2) is 0 Å². The minimum atomic E-state index is -3.85. The van der Waals surface area contributed by atoms with E-state index in [-0.39, 0.29) is 47.8 Å². The SMILES string of the molecule is CC1CC(=O)OC1COS(=O)(=O)C[C@]12CC[C@H](CC1=O)C2(C)C. The van der Waals surface area contributed by atoms with Gasteiger partial charge >= 0.3 is 5.97 Å². The van der Waals surface area contributed by atoms with E-state index in [0.717, 1.165) is 6.42 Å². The fraction of sp³-hybridized carbons (Fsp3) is 0.875. The molecule has 2 bridgehead atoms. The summed E-state index contributed by atoms with van der Waals surface area (Å²) in [6.07, 6.45) is 1.73. The standard InChI is InChI=1S/C16H24O6S/c1-10-6-14(18)22-12(10)8-21-23(19,20)9-16-5-4-11(7-13(16)17)15(16,2)3/h10-12H,4-9H2,1-3H3/t10?,11-,12?,16-/m1/s1. The maximum Gasteiger partial charge on any atom is 0.306 e. The molecule has 0 aromatic rings. The van der Waals surface area contributed by atoms with Crippen LogP contribution in [0.15, 0.2) is 0 Å². The summed E-state index contributed by atoms with van der Waals surface area (Å²) in [4.78, 5) is 23.6. The lowest BCUT2D eigenvalue weighted by molar-refractivity contribution is -0.142. The van der Waals surface area contributed by atoms with E-state index in [9.17, 15) is 18.0 Å². The fourth-order valence-corrected chi connectivity index (χ4v) is 6.25. The molecule has 0 aromatic carbocycles. The minimum Gasteiger partial charge on any atom is -0.460 e. The van der Waals surface area contributed by atoms with Crippen molar-refractivity contribution in [3.8, 4) is 0 Å². The van der Waals surface area contributed by atoms with E-state index in [4.69, 9.17) is 8.92 Å². The van der Waals surface area contributed by atoms with Gasteiger partial charge in [0.05, 0.1) is 17.6 Å². The number of hydrogen-bond donors (Lipinski definition) is 0. The number of ether oxygens (including phenoxy) is 1. The van der Waals surface area contributed by atoms with Gasteiger partial charge in [0.15, 0.2) is 0 Å². The molecule has 0 radical (unpaired) electrons. The molecule has 0 amide bonds. The van der Waals surface area contributed by atoms with Crippen LogP contribution < -0.4 is 0 Å². The number of hydrogen-bond acceptors (Lipinski definition) is 6. The van der Waals surface area contributed by atoms with Crippen molar-refractivity contribution in [3.63, 3.8) is 0 Å². The van der Waals surface area contributed by atoms with Gasteiger partial charge in [-0.15, -0.1) is 0 Å². The molecule has 6 nitrogen and oxygen atoms in total. The summed E-state index contributed by atoms with van der Waals surface area (Å²) in [5, 5.41) is 0. The Morgan fingerprint density at radius 3 is 2.43 bits per heavy atom. The van der Waals surface area contributed by atoms with Crippen LogP contribution in [0.1, 0.15) is 46.5 Å². The smallest absolute Gasteiger partial charge is 0.306 e. The van der Waals surface area contributed by atoms with Gasteiger partial charge in [-0.1, -0.05) is 20.8 Å². The molecule has 1 heterocycles. The van der Waals surface area contributed by atoms with Crippen LogP contribution >= 0.6 is 0 Å². The average Bonchev–Trinajstić information content (AvgIpc) is 2.93. The van der Waals surface area contributed by atoms with Gasteiger partial charge in [-0.3, -0.25) is 13.8 Å². The summed E-state index contributed by atoms with van der Waals surface area (Å²) < 4.78 is 35.1. The molecule has 3 fully saturated rings. The molecular formula is C16H24O6S. The van der Waals surface area contributed by atoms with Gasteiger partial charge < -0.3 is 4.74 Å². The molecule has 130 valence electrons. The molecule has 3 rings (SSSR count). The molecule has 23 heavy (non-hydrogen) atoms. The third-order valence-corrected chi connectivity index (χ3v) is 7.72. The summed E-state index contributed by atoms with van der Waals surface area (Å²) >= 11 is 0. The van der Waals surface area contributed by atoms with Crippen molar-refractivity contribution in [1.82, 2.24) is 0 Å². The van der Waals surface area contributed by atoms with Gasteiger partial charge in [0.25, 0.3) is 10.1 Å². The van der Waals surface area contributed by atoms with Crippen molar-refractivity contribution in [3.05, 3.63) is 0 Å². The van der Waals surface area contributed by atoms with Crippen LogP contribution in [0, 0.1) is 22.7 Å². The first-order chi connectivity index (χ1) is 10.6. The molecule has 0 aromatic heterocycles. The minimum absolute atomic E-state index is 0.0478. The highest BCUT2D eigenvalue weighted by Crippen LogP contribution is 2.64. The Kier molecular flexibility index (Phi) is 3.87. The van der Waals surface area contributed by atoms with Crippen molar-refractivity contribution < 1.29 is 26.9 Å². The molecule has 1 aliphatic heterocycles. The Labute approximate surface area is 137 Å². The monoisotopic (exact) mass is 344 g/mol. The van der Waals surface area contributed by atoms with Gasteiger partial charge in [0, 0.05) is 12.3 Å². The highest BCUT2D eigenvalue weighted by atomic mass is 32.2. The maximum atomic E-state index is 12.4. The van der Waals surface area contributed by atoms with Gasteiger partial charge in [0.1, 0.15) is 18.5 Å². The molecule has 2 unspecified atom stereocenters. The molecule has 2 aliphatic carbocycles. The Morgan fingerprint density at radius 1 is 1.26 bits per heavy atom. The molecule has 3 aliphatic rings. The van der Waals surface area contributed by atoms with Gasteiger partial charge in [-0.2, -0.15) is 8.42 Å². The number of Topliss-reactive ketones (excluding diaryl/α,β-unsaturated/α-hetero) is 1. The van der Waals surface area contributed by atoms with Crippen molar-refractivity contribution in [2.75, 3.05) is 12.4 Å². The van der Waals surface area contributed by atoms with Gasteiger partial charge in [-0.05, 0) is 24.2 Å². The van der Waals surface area contributed by atoms with Crippen LogP contribution in [0.5, 0.6) is 0 Å². The Bertz CT molecular complexity index is 637. The van der Waals surface area contributed by atoms with E-state index in [1.807, 2.05) is 20.8 Å². The third kappa shape index (κ3) is 2.61. The lowest BCUT2D eigenvalue weighted by Crippen LogP contribution is -2.43. The number of esters is 1. The second-order valence-corrected chi connectivity index (χ2v) is 9.50. The number of cyclic esters (lactones) is 1. The quantitative estimate of drug-likeness (QED) is 0.557. The predicted octanol–water partition coefficient (Wildman–Crippen LogP) is 1.68. The van der Waals surface area contributed by atoms with Crippen molar-refractivity contribution in [2.24, 2.45) is 22.7 Å². The number of carbonyl (C=O) groups is 2. The number of ketones is 1. The Hall–Kier alpha value is -0.950. The zero-order chi connectivity index (χ0) is 17.0. The van der Waals surface area contributed by atoms with Crippen LogP contribution in [-0.4, -0.2) is 38.6 Å². The largest absolute Gasteiger partial charge is 0.460 e. The first kappa shape index (κ1) is 16.9. The predicted molar refractivity (Wildman–Crippen MR) is 82.0 cm³/mol. The fourth-order valence-electron chi connectivity index (χ4n) is 4.55. The molecule has 2 saturated carbocycles. The average molecular weight is 344 g/mol. The molecular weight excluding hydrogens is 320 g/mol. The van der Waals surface area contributed by atoms with Crippen LogP contribution in [-0.2, 0) is 28.6 Å². The van der Waals surface area contributed by atoms with Crippen molar-refractivity contribution in [2.45, 2.75) is 52.6 Å². The molecule has 0 N–H and O–H groups in total. The zero-order valence-corrected chi connectivity index (χ0v) is 14.6. The summed E-state index contributed by atoms with van der Waals surface area (Å²) in [5.74, 6) is -0.339. The Balaban J connectivity index is 1.69. The first-order valence-electron chi connectivity index (χ1n) is 8.17. The van der Waals surface area contributed by atoms with E-state index in [2.05, 4.69) is 0 Å². The van der Waals surface area contributed by atoms with Gasteiger partial charge in [0.2, 0.25) is 0 Å². The normalized spacial score (nSPS) is 39.0. The zero-order valence-electron chi connectivity index (χ0n) is 13.8. The second kappa shape index (κ2) is 5.28. The van der Waals surface area contributed by atoms with E-state index in [1.54, 1.807) is 0 Å². The molecule has 7 heteroatoms. The lowest BCUT2D eigenvalue weighted by atomic mass is 9.70. The second-order valence-electron chi connectivity index (χ2n) is 7.86.